The second-order valence-corrected chi connectivity index (χ2v) is 21.4. The minimum atomic E-state index is 0.473. The van der Waals surface area contributed by atoms with E-state index in [1.54, 1.807) is 0 Å². The van der Waals surface area contributed by atoms with Gasteiger partial charge in [-0.1, -0.05) is 249 Å². The Bertz CT molecular complexity index is 4970. The Morgan fingerprint density at radius 1 is 0.186 bits per heavy atom. The van der Waals surface area contributed by atoms with E-state index in [-0.39, 0.29) is 0 Å². The van der Waals surface area contributed by atoms with Crippen molar-refractivity contribution >= 4 is 43.6 Å². The lowest BCUT2D eigenvalue weighted by Crippen LogP contribution is -2.09. The van der Waals surface area contributed by atoms with Crippen LogP contribution in [0.2, 0.25) is 0 Å². The van der Waals surface area contributed by atoms with Crippen LogP contribution < -0.4 is 0 Å². The third kappa shape index (κ3) is 8.97. The van der Waals surface area contributed by atoms with Crippen molar-refractivity contribution in [3.05, 3.63) is 303 Å². The summed E-state index contributed by atoms with van der Waals surface area (Å²) in [5.74, 6) is 3.14. The Morgan fingerprint density at radius 2 is 0.477 bits per heavy atom. The zero-order valence-electron chi connectivity index (χ0n) is 46.4. The van der Waals surface area contributed by atoms with Gasteiger partial charge >= 0.3 is 0 Å². The van der Waals surface area contributed by atoms with Gasteiger partial charge < -0.3 is 9.13 Å². The van der Waals surface area contributed by atoms with E-state index in [0.29, 0.717) is 34.9 Å². The first-order valence-electron chi connectivity index (χ1n) is 28.8. The summed E-state index contributed by atoms with van der Waals surface area (Å²) in [4.78, 5) is 32.5. The summed E-state index contributed by atoms with van der Waals surface area (Å²) in [6.07, 6.45) is 0. The summed E-state index contributed by atoms with van der Waals surface area (Å²) in [6, 6.07) is 106. The van der Waals surface area contributed by atoms with Crippen molar-refractivity contribution in [2.45, 2.75) is 0 Å². The van der Waals surface area contributed by atoms with Gasteiger partial charge in [0.2, 0.25) is 0 Å². The molecule has 0 saturated heterocycles. The second-order valence-electron chi connectivity index (χ2n) is 21.4. The molecule has 8 heteroatoms. The van der Waals surface area contributed by atoms with Crippen LogP contribution in [0.1, 0.15) is 0 Å². The Morgan fingerprint density at radius 3 is 0.860 bits per heavy atom. The van der Waals surface area contributed by atoms with Gasteiger partial charge in [-0.25, -0.2) is 29.9 Å². The highest BCUT2D eigenvalue weighted by Crippen LogP contribution is 2.46. The van der Waals surface area contributed by atoms with Crippen LogP contribution in [0.25, 0.3) is 157 Å². The molecule has 0 aliphatic heterocycles. The predicted molar refractivity (Wildman–Crippen MR) is 351 cm³/mol. The van der Waals surface area contributed by atoms with Crippen molar-refractivity contribution in [2.75, 3.05) is 0 Å². The molecule has 4 heterocycles. The van der Waals surface area contributed by atoms with Crippen LogP contribution in [0.15, 0.2) is 303 Å². The Kier molecular flexibility index (Phi) is 12.3. The summed E-state index contributed by atoms with van der Waals surface area (Å²) in [6.45, 7) is 0. The van der Waals surface area contributed by atoms with Crippen LogP contribution in [0.5, 0.6) is 0 Å². The van der Waals surface area contributed by atoms with Gasteiger partial charge in [0.1, 0.15) is 0 Å². The first-order chi connectivity index (χ1) is 42.6. The van der Waals surface area contributed by atoms with E-state index in [9.17, 15) is 0 Å². The molecule has 0 unspecified atom stereocenters. The van der Waals surface area contributed by atoms with Crippen LogP contribution >= 0.6 is 0 Å². The van der Waals surface area contributed by atoms with E-state index in [2.05, 4.69) is 215 Å². The van der Waals surface area contributed by atoms with Crippen molar-refractivity contribution in [1.29, 1.82) is 0 Å². The summed E-state index contributed by atoms with van der Waals surface area (Å²) in [5, 5.41) is 4.41. The molecule has 0 fully saturated rings. The third-order valence-electron chi connectivity index (χ3n) is 16.2. The fourth-order valence-electron chi connectivity index (χ4n) is 12.1. The van der Waals surface area contributed by atoms with E-state index in [1.807, 2.05) is 97.1 Å². The van der Waals surface area contributed by atoms with Gasteiger partial charge in [0.15, 0.2) is 34.9 Å². The maximum Gasteiger partial charge on any atom is 0.166 e. The first kappa shape index (κ1) is 50.0. The number of aromatic nitrogens is 8. The molecule has 86 heavy (non-hydrogen) atoms. The van der Waals surface area contributed by atoms with Crippen molar-refractivity contribution in [2.24, 2.45) is 0 Å². The SMILES string of the molecule is c1ccc(-c2ccc3c(c2)c2ccccc2n3-c2cc(-c3nc(-c4ccccc4)nc(-c4ccccc4)n3)cc(-c3nc(-c4ccccc4)nc(-c4ccccc4)n3)c2-n2c3ccc(-c4ccccc4)cc3c3cc(-c4ccccc4)ccc32)cc1. The average Bonchev–Trinajstić information content (AvgIpc) is 1.68. The number of hydrogen-bond donors (Lipinski definition) is 0. The van der Waals surface area contributed by atoms with Gasteiger partial charge in [-0.15, -0.1) is 0 Å². The Labute approximate surface area is 496 Å². The summed E-state index contributed by atoms with van der Waals surface area (Å²) in [5.41, 5.74) is 17.5. The molecule has 0 aliphatic carbocycles. The summed E-state index contributed by atoms with van der Waals surface area (Å²) in [7, 11) is 0. The second kappa shape index (κ2) is 21.2. The quantitative estimate of drug-likeness (QED) is 0.128. The molecular formula is C78H50N8. The molecular weight excluding hydrogens is 1050 g/mol. The number of hydrogen-bond acceptors (Lipinski definition) is 6. The fourth-order valence-corrected chi connectivity index (χ4v) is 12.1. The number of benzene rings is 12. The van der Waals surface area contributed by atoms with Gasteiger partial charge in [-0.05, 0) is 88.0 Å². The fraction of sp³-hybridized carbons (Fsp3) is 0. The first-order valence-corrected chi connectivity index (χ1v) is 28.8. The summed E-state index contributed by atoms with van der Waals surface area (Å²) < 4.78 is 4.86. The van der Waals surface area contributed by atoms with Crippen LogP contribution in [0.3, 0.4) is 0 Å². The van der Waals surface area contributed by atoms with Crippen LogP contribution in [0.4, 0.5) is 0 Å². The van der Waals surface area contributed by atoms with E-state index >= 15 is 0 Å². The summed E-state index contributed by atoms with van der Waals surface area (Å²) >= 11 is 0. The Hall–Kier alpha value is -11.7. The van der Waals surface area contributed by atoms with Crippen LogP contribution in [-0.2, 0) is 0 Å². The molecule has 0 amide bonds. The highest BCUT2D eigenvalue weighted by atomic mass is 15.1. The highest BCUT2D eigenvalue weighted by Gasteiger charge is 2.28. The number of fused-ring (bicyclic) bond motifs is 6. The van der Waals surface area contributed by atoms with Crippen molar-refractivity contribution in [3.63, 3.8) is 0 Å². The lowest BCUT2D eigenvalue weighted by atomic mass is 10.0. The molecule has 0 atom stereocenters. The molecule has 4 aromatic heterocycles. The molecule has 8 nitrogen and oxygen atoms in total. The van der Waals surface area contributed by atoms with E-state index in [0.717, 1.165) is 122 Å². The van der Waals surface area contributed by atoms with Gasteiger partial charge in [0.25, 0.3) is 0 Å². The Balaban J connectivity index is 1.10. The van der Waals surface area contributed by atoms with Gasteiger partial charge in [-0.2, -0.15) is 0 Å². The molecule has 402 valence electrons. The molecule has 0 saturated carbocycles. The monoisotopic (exact) mass is 1100 g/mol. The minimum absolute atomic E-state index is 0.473. The third-order valence-corrected chi connectivity index (χ3v) is 16.2. The predicted octanol–water partition coefficient (Wildman–Crippen LogP) is 19.3. The van der Waals surface area contributed by atoms with E-state index in [4.69, 9.17) is 29.9 Å². The largest absolute Gasteiger partial charge is 0.307 e. The van der Waals surface area contributed by atoms with Crippen LogP contribution in [0, 0.1) is 0 Å². The van der Waals surface area contributed by atoms with Crippen molar-refractivity contribution in [1.82, 2.24) is 39.0 Å². The number of para-hydroxylation sites is 1. The topological polar surface area (TPSA) is 87.2 Å². The molecule has 16 aromatic rings. The van der Waals surface area contributed by atoms with Gasteiger partial charge in [-0.3, -0.25) is 0 Å². The maximum absolute atomic E-state index is 5.60. The molecule has 0 spiro atoms. The van der Waals surface area contributed by atoms with E-state index < -0.39 is 0 Å². The van der Waals surface area contributed by atoms with Crippen molar-refractivity contribution in [3.8, 4) is 113 Å². The zero-order chi connectivity index (χ0) is 56.9. The number of rotatable bonds is 11. The molecule has 0 aliphatic rings. The van der Waals surface area contributed by atoms with Gasteiger partial charge in [0.05, 0.1) is 33.4 Å². The lowest BCUT2D eigenvalue weighted by molar-refractivity contribution is 1.04. The minimum Gasteiger partial charge on any atom is -0.307 e. The molecule has 0 radical (unpaired) electrons. The zero-order valence-corrected chi connectivity index (χ0v) is 46.4. The maximum atomic E-state index is 5.60. The lowest BCUT2D eigenvalue weighted by Gasteiger charge is -2.22. The van der Waals surface area contributed by atoms with Crippen LogP contribution in [-0.4, -0.2) is 39.0 Å². The van der Waals surface area contributed by atoms with E-state index in [1.165, 1.54) is 0 Å². The molecule has 0 bridgehead atoms. The smallest absolute Gasteiger partial charge is 0.166 e. The normalized spacial score (nSPS) is 11.5. The molecule has 12 aromatic carbocycles. The highest BCUT2D eigenvalue weighted by molar-refractivity contribution is 6.14. The van der Waals surface area contributed by atoms with Crippen molar-refractivity contribution < 1.29 is 0 Å². The average molecular weight is 1100 g/mol. The standard InChI is InChI=1S/C78H50N8/c1-8-24-51(25-9-1)58-40-43-68-63(46-58)62-38-22-23-39-67(62)85(68)71-50-61(77-81-73(54-30-14-4-15-31-54)79-74(82-77)55-32-16-5-17-33-55)49-66(78-83-75(56-34-18-6-19-35-56)80-76(84-78)57-36-20-7-21-37-57)72(71)86-69-44-41-59(52-26-10-2-11-27-52)47-64(69)65-48-60(42-45-70(65)86)53-28-12-3-13-29-53/h1-50H. The van der Waals surface area contributed by atoms with Gasteiger partial charge in [0, 0.05) is 54.9 Å². The number of nitrogens with zero attached hydrogens (tertiary/aromatic N) is 8. The molecule has 16 rings (SSSR count). The molecule has 0 N–H and O–H groups in total.